The van der Waals surface area contributed by atoms with E-state index >= 15 is 0 Å². The normalized spacial score (nSPS) is 10.2. The van der Waals surface area contributed by atoms with Crippen molar-refractivity contribution in [1.29, 1.82) is 0 Å². The topological polar surface area (TPSA) is 166 Å². The summed E-state index contributed by atoms with van der Waals surface area (Å²) in [5, 5.41) is 1.62. The van der Waals surface area contributed by atoms with Gasteiger partial charge >= 0.3 is 0 Å². The molecular formula is C27H23N7O2. The molecule has 1 amide bonds. The summed E-state index contributed by atoms with van der Waals surface area (Å²) in [7, 11) is 0. The monoisotopic (exact) mass is 477 g/mol. The van der Waals surface area contributed by atoms with Gasteiger partial charge in [-0.25, -0.2) is 4.98 Å². The maximum Gasteiger partial charge on any atom is 0.293 e. The summed E-state index contributed by atoms with van der Waals surface area (Å²) in [5.41, 5.74) is 17.8. The Hall–Kier alpha value is -5.20. The molecule has 9 nitrogen and oxygen atoms in total. The fraction of sp³-hybridized carbons (Fsp3) is 0.0370. The summed E-state index contributed by atoms with van der Waals surface area (Å²) in [6, 6.07) is 19.0. The van der Waals surface area contributed by atoms with Gasteiger partial charge < -0.3 is 21.9 Å². The highest BCUT2D eigenvalue weighted by atomic mass is 16.1. The Morgan fingerprint density at radius 2 is 1.78 bits per heavy atom. The molecule has 3 heterocycles. The molecule has 9 heteroatoms. The van der Waals surface area contributed by atoms with E-state index in [0.717, 1.165) is 22.5 Å². The summed E-state index contributed by atoms with van der Waals surface area (Å²) < 4.78 is 0. The Balaban J connectivity index is 0.000000375. The quantitative estimate of drug-likeness (QED) is 0.113. The maximum absolute atomic E-state index is 12.6. The van der Waals surface area contributed by atoms with E-state index < -0.39 is 5.91 Å². The summed E-state index contributed by atoms with van der Waals surface area (Å²) in [4.78, 5) is 34.6. The molecule has 0 saturated heterocycles. The number of nitrogens with one attached hydrogen (secondary N) is 2. The predicted octanol–water partition coefficient (Wildman–Crippen LogP) is 2.84. The zero-order valence-corrected chi connectivity index (χ0v) is 19.4. The number of amides is 1. The molecule has 5 rings (SSSR count). The van der Waals surface area contributed by atoms with Crippen LogP contribution in [0.25, 0.3) is 32.8 Å². The number of hydrazine groups is 1. The maximum atomic E-state index is 12.6. The lowest BCUT2D eigenvalue weighted by molar-refractivity contribution is -0.112. The van der Waals surface area contributed by atoms with E-state index in [0.29, 0.717) is 27.2 Å². The Labute approximate surface area is 206 Å². The zero-order chi connectivity index (χ0) is 25.7. The first kappa shape index (κ1) is 23.9. The van der Waals surface area contributed by atoms with Gasteiger partial charge in [0.1, 0.15) is 5.82 Å². The number of pyridine rings is 3. The van der Waals surface area contributed by atoms with Crippen molar-refractivity contribution in [2.45, 2.75) is 6.92 Å². The van der Waals surface area contributed by atoms with E-state index in [4.69, 9.17) is 17.3 Å². The highest BCUT2D eigenvalue weighted by Gasteiger charge is 2.13. The molecule has 178 valence electrons. The molecule has 0 aliphatic rings. The van der Waals surface area contributed by atoms with E-state index in [1.807, 2.05) is 67.6 Å². The third kappa shape index (κ3) is 5.14. The molecule has 0 atom stereocenters. The second-order valence-corrected chi connectivity index (χ2v) is 7.82. The summed E-state index contributed by atoms with van der Waals surface area (Å²) in [6.07, 6.45) is 3.18. The van der Waals surface area contributed by atoms with Gasteiger partial charge in [0.2, 0.25) is 0 Å². The van der Waals surface area contributed by atoms with Crippen LogP contribution in [0.1, 0.15) is 11.3 Å². The number of aromatic nitrogens is 3. The minimum atomic E-state index is -0.782. The van der Waals surface area contributed by atoms with Crippen LogP contribution in [-0.4, -0.2) is 20.9 Å². The first-order valence-corrected chi connectivity index (χ1v) is 10.9. The van der Waals surface area contributed by atoms with Crippen molar-refractivity contribution < 1.29 is 4.79 Å². The Morgan fingerprint density at radius 3 is 2.39 bits per heavy atom. The summed E-state index contributed by atoms with van der Waals surface area (Å²) in [5.74, 6) is 9.79. The average Bonchev–Trinajstić information content (AvgIpc) is 2.89. The number of anilines is 2. The number of aromatic amines is 1. The number of carbonyl (C=O) groups is 1. The molecule has 0 unspecified atom stereocenters. The molecule has 2 aromatic carbocycles. The van der Waals surface area contributed by atoms with Crippen LogP contribution in [0.4, 0.5) is 11.5 Å². The number of nitrogen functional groups attached to an aromatic ring is 2. The van der Waals surface area contributed by atoms with Crippen LogP contribution >= 0.6 is 0 Å². The smallest absolute Gasteiger partial charge is 0.293 e. The standard InChI is InChI=1S/C21H16N6O2.C6H7N/c22-17(28)8-4-13-10-25-21(29)18-16-9-12(11-1-5-14(27-24)6-2-11)3-7-15(16)20(23)26-19(13)18;1-6-4-2-3-5-7-6/h1-3,5-7,9-10,27H,24H2,(H2,22,28)(H2,23,26)(H,25,29);2-5H,1H3. The van der Waals surface area contributed by atoms with E-state index in [1.54, 1.807) is 6.20 Å². The molecule has 0 saturated carbocycles. The molecular weight excluding hydrogens is 454 g/mol. The van der Waals surface area contributed by atoms with Gasteiger partial charge in [0, 0.05) is 40.5 Å². The molecule has 0 aliphatic carbocycles. The molecule has 36 heavy (non-hydrogen) atoms. The third-order valence-corrected chi connectivity index (χ3v) is 5.38. The van der Waals surface area contributed by atoms with Crippen LogP contribution < -0.4 is 28.3 Å². The van der Waals surface area contributed by atoms with Crippen LogP contribution in [0.15, 0.2) is 77.9 Å². The van der Waals surface area contributed by atoms with Crippen molar-refractivity contribution in [3.63, 3.8) is 0 Å². The fourth-order valence-electron chi connectivity index (χ4n) is 3.65. The van der Waals surface area contributed by atoms with Gasteiger partial charge in [-0.2, -0.15) is 0 Å². The van der Waals surface area contributed by atoms with E-state index in [9.17, 15) is 9.59 Å². The fourth-order valence-corrected chi connectivity index (χ4v) is 3.65. The number of H-pyrrole nitrogens is 1. The number of carbonyl (C=O) groups excluding carboxylic acids is 1. The Morgan fingerprint density at radius 1 is 1.03 bits per heavy atom. The Kier molecular flexibility index (Phi) is 6.90. The second kappa shape index (κ2) is 10.4. The summed E-state index contributed by atoms with van der Waals surface area (Å²) >= 11 is 0. The molecule has 0 spiro atoms. The second-order valence-electron chi connectivity index (χ2n) is 7.82. The van der Waals surface area contributed by atoms with E-state index in [-0.39, 0.29) is 11.4 Å². The van der Waals surface area contributed by atoms with Crippen LogP contribution in [0.2, 0.25) is 0 Å². The highest BCUT2D eigenvalue weighted by Crippen LogP contribution is 2.31. The Bertz CT molecular complexity index is 1680. The minimum absolute atomic E-state index is 0.259. The van der Waals surface area contributed by atoms with Crippen molar-refractivity contribution in [1.82, 2.24) is 15.0 Å². The molecule has 8 N–H and O–H groups in total. The molecule has 0 fully saturated rings. The van der Waals surface area contributed by atoms with Gasteiger partial charge in [-0.05, 0) is 48.4 Å². The number of fused-ring (bicyclic) bond motifs is 3. The average molecular weight is 478 g/mol. The van der Waals surface area contributed by atoms with Gasteiger partial charge in [-0.1, -0.05) is 36.3 Å². The SMILES string of the molecule is Cc1ccccn1.NNc1ccc(-c2ccc3c(N)nc4c(C#CC(N)=O)c[nH]c(=O)c4c3c2)cc1. The van der Waals surface area contributed by atoms with Gasteiger partial charge in [0.05, 0.1) is 16.5 Å². The lowest BCUT2D eigenvalue weighted by Gasteiger charge is -2.10. The third-order valence-electron chi connectivity index (χ3n) is 5.38. The van der Waals surface area contributed by atoms with Crippen molar-refractivity contribution in [3.05, 3.63) is 94.7 Å². The molecule has 5 aromatic rings. The van der Waals surface area contributed by atoms with Crippen LogP contribution in [0.5, 0.6) is 0 Å². The molecule has 0 bridgehead atoms. The number of nitrogens with zero attached hydrogens (tertiary/aromatic N) is 2. The highest BCUT2D eigenvalue weighted by molar-refractivity contribution is 6.11. The first-order valence-electron chi connectivity index (χ1n) is 10.9. The van der Waals surface area contributed by atoms with Crippen LogP contribution in [0, 0.1) is 18.8 Å². The van der Waals surface area contributed by atoms with Crippen molar-refractivity contribution >= 4 is 39.1 Å². The van der Waals surface area contributed by atoms with Gasteiger partial charge in [-0.15, -0.1) is 0 Å². The number of hydrogen-bond donors (Lipinski definition) is 5. The van der Waals surface area contributed by atoms with Crippen molar-refractivity contribution in [2.75, 3.05) is 11.2 Å². The molecule has 0 radical (unpaired) electrons. The van der Waals surface area contributed by atoms with E-state index in [2.05, 4.69) is 32.2 Å². The van der Waals surface area contributed by atoms with Gasteiger partial charge in [-0.3, -0.25) is 20.4 Å². The minimum Gasteiger partial charge on any atom is -0.383 e. The van der Waals surface area contributed by atoms with Gasteiger partial charge in [0.25, 0.3) is 11.5 Å². The van der Waals surface area contributed by atoms with Gasteiger partial charge in [0.15, 0.2) is 0 Å². The van der Waals surface area contributed by atoms with E-state index in [1.165, 1.54) is 6.20 Å². The van der Waals surface area contributed by atoms with Crippen LogP contribution in [0.3, 0.4) is 0 Å². The molecule has 0 aliphatic heterocycles. The van der Waals surface area contributed by atoms with Crippen molar-refractivity contribution in [3.8, 4) is 23.0 Å². The lowest BCUT2D eigenvalue weighted by atomic mass is 9.98. The number of rotatable bonds is 2. The zero-order valence-electron chi connectivity index (χ0n) is 19.4. The number of primary amides is 1. The largest absolute Gasteiger partial charge is 0.383 e. The lowest BCUT2D eigenvalue weighted by Crippen LogP contribution is -2.10. The van der Waals surface area contributed by atoms with Crippen molar-refractivity contribution in [2.24, 2.45) is 11.6 Å². The predicted molar refractivity (Wildman–Crippen MR) is 143 cm³/mol. The number of nitrogens with two attached hydrogens (primary N) is 3. The number of aryl methyl sites for hydroxylation is 1. The summed E-state index contributed by atoms with van der Waals surface area (Å²) in [6.45, 7) is 1.97. The number of hydrogen-bond acceptors (Lipinski definition) is 7. The number of benzene rings is 2. The first-order chi connectivity index (χ1) is 17.4. The molecule has 3 aromatic heterocycles. The van der Waals surface area contributed by atoms with Crippen LogP contribution in [-0.2, 0) is 4.79 Å².